The number of nitrogens with zero attached hydrogens (tertiary/aromatic N) is 2. The van der Waals surface area contributed by atoms with Gasteiger partial charge in [0.25, 0.3) is 0 Å². The minimum atomic E-state index is 0.764. The summed E-state index contributed by atoms with van der Waals surface area (Å²) >= 11 is 5.98. The third-order valence-electron chi connectivity index (χ3n) is 2.00. The normalized spacial score (nSPS) is 14.2. The molecule has 1 radical (unpaired) electrons. The van der Waals surface area contributed by atoms with Gasteiger partial charge in [0.1, 0.15) is 6.34 Å². The Morgan fingerprint density at radius 2 is 2.15 bits per heavy atom. The van der Waals surface area contributed by atoms with Crippen LogP contribution in [0, 0.1) is 6.92 Å². The molecule has 0 atom stereocenters. The van der Waals surface area contributed by atoms with Crippen molar-refractivity contribution in [2.75, 3.05) is 0 Å². The number of hydrogen-bond acceptors (Lipinski definition) is 1. The summed E-state index contributed by atoms with van der Waals surface area (Å²) in [6, 6.07) is 5.78. The van der Waals surface area contributed by atoms with Crippen LogP contribution in [0.25, 0.3) is 5.70 Å². The maximum absolute atomic E-state index is 5.98. The quantitative estimate of drug-likeness (QED) is 0.653. The molecule has 2 nitrogen and oxygen atoms in total. The van der Waals surface area contributed by atoms with Crippen LogP contribution in [-0.2, 0) is 0 Å². The molecule has 0 spiro atoms. The lowest BCUT2D eigenvalue weighted by molar-refractivity contribution is 1.31. The molecule has 0 saturated carbocycles. The third kappa shape index (κ3) is 1.45. The molecule has 3 heteroatoms. The number of benzene rings is 1. The summed E-state index contributed by atoms with van der Waals surface area (Å²) < 4.78 is 0. The van der Waals surface area contributed by atoms with Gasteiger partial charge in [-0.25, -0.2) is 10.3 Å². The molecule has 0 aromatic heterocycles. The van der Waals surface area contributed by atoms with Crippen LogP contribution in [0.5, 0.6) is 0 Å². The standard InChI is InChI=1S/C10H8ClN2/c1-7-8(3-2-4-9(7)11)10-5-12-6-13-10/h2-6H,1H3. The number of halogens is 1. The van der Waals surface area contributed by atoms with Gasteiger partial charge >= 0.3 is 0 Å². The second kappa shape index (κ2) is 3.23. The van der Waals surface area contributed by atoms with Crippen LogP contribution >= 0.6 is 11.6 Å². The topological polar surface area (TPSA) is 26.5 Å². The summed E-state index contributed by atoms with van der Waals surface area (Å²) in [5.41, 5.74) is 2.97. The highest BCUT2D eigenvalue weighted by molar-refractivity contribution is 6.31. The zero-order chi connectivity index (χ0) is 9.26. The van der Waals surface area contributed by atoms with Crippen LogP contribution in [-0.4, -0.2) is 6.34 Å². The minimum absolute atomic E-state index is 0.764. The Hall–Kier alpha value is -1.28. The third-order valence-corrected chi connectivity index (χ3v) is 2.41. The van der Waals surface area contributed by atoms with Crippen molar-refractivity contribution in [1.29, 1.82) is 0 Å². The monoisotopic (exact) mass is 191 g/mol. The molecule has 0 amide bonds. The van der Waals surface area contributed by atoms with Crippen LogP contribution in [0.4, 0.5) is 0 Å². The van der Waals surface area contributed by atoms with E-state index < -0.39 is 0 Å². The second-order valence-electron chi connectivity index (χ2n) is 2.82. The van der Waals surface area contributed by atoms with Gasteiger partial charge in [-0.05, 0) is 18.6 Å². The highest BCUT2D eigenvalue weighted by atomic mass is 35.5. The van der Waals surface area contributed by atoms with E-state index in [1.807, 2.05) is 25.1 Å². The molecule has 1 aliphatic rings. The smallest absolute Gasteiger partial charge is 0.116 e. The van der Waals surface area contributed by atoms with Crippen molar-refractivity contribution in [3.05, 3.63) is 40.5 Å². The molecule has 0 unspecified atom stereocenters. The Bertz CT molecular complexity index is 394. The summed E-state index contributed by atoms with van der Waals surface area (Å²) in [5, 5.41) is 4.88. The van der Waals surface area contributed by atoms with E-state index in [4.69, 9.17) is 11.6 Å². The highest BCUT2D eigenvalue weighted by Crippen LogP contribution is 2.24. The lowest BCUT2D eigenvalue weighted by Crippen LogP contribution is -1.98. The molecule has 13 heavy (non-hydrogen) atoms. The van der Waals surface area contributed by atoms with Crippen LogP contribution in [0.15, 0.2) is 29.4 Å². The van der Waals surface area contributed by atoms with Crippen molar-refractivity contribution >= 4 is 23.6 Å². The lowest BCUT2D eigenvalue weighted by atomic mass is 10.1. The molecule has 0 bridgehead atoms. The number of hydrogen-bond donors (Lipinski definition) is 0. The maximum Gasteiger partial charge on any atom is 0.116 e. The molecule has 65 valence electrons. The summed E-state index contributed by atoms with van der Waals surface area (Å²) in [4.78, 5) is 3.92. The molecule has 2 rings (SSSR count). The first-order valence-corrected chi connectivity index (χ1v) is 4.35. The highest BCUT2D eigenvalue weighted by Gasteiger charge is 2.09. The molecule has 0 fully saturated rings. The van der Waals surface area contributed by atoms with Crippen LogP contribution < -0.4 is 5.32 Å². The fourth-order valence-corrected chi connectivity index (χ4v) is 1.43. The zero-order valence-electron chi connectivity index (χ0n) is 7.16. The van der Waals surface area contributed by atoms with Crippen molar-refractivity contribution in [3.63, 3.8) is 0 Å². The van der Waals surface area contributed by atoms with E-state index in [1.165, 1.54) is 6.34 Å². The van der Waals surface area contributed by atoms with Gasteiger partial charge in [-0.3, -0.25) is 0 Å². The van der Waals surface area contributed by atoms with E-state index in [9.17, 15) is 0 Å². The lowest BCUT2D eigenvalue weighted by Gasteiger charge is -2.06. The largest absolute Gasteiger partial charge is 0.243 e. The van der Waals surface area contributed by atoms with Gasteiger partial charge in [-0.1, -0.05) is 23.7 Å². The van der Waals surface area contributed by atoms with E-state index in [-0.39, 0.29) is 0 Å². The van der Waals surface area contributed by atoms with Crippen molar-refractivity contribution in [2.24, 2.45) is 4.99 Å². The van der Waals surface area contributed by atoms with Gasteiger partial charge in [0, 0.05) is 10.6 Å². The minimum Gasteiger partial charge on any atom is -0.243 e. The van der Waals surface area contributed by atoms with Crippen molar-refractivity contribution in [1.82, 2.24) is 5.32 Å². The van der Waals surface area contributed by atoms with Gasteiger partial charge in [-0.2, -0.15) is 0 Å². The molecule has 1 heterocycles. The first-order valence-electron chi connectivity index (χ1n) is 3.97. The average molecular weight is 192 g/mol. The Morgan fingerprint density at radius 3 is 2.85 bits per heavy atom. The van der Waals surface area contributed by atoms with E-state index in [0.717, 1.165) is 21.8 Å². The van der Waals surface area contributed by atoms with Gasteiger partial charge in [0.15, 0.2) is 0 Å². The second-order valence-corrected chi connectivity index (χ2v) is 3.23. The molecule has 0 N–H and O–H groups in total. The number of rotatable bonds is 1. The average Bonchev–Trinajstić information content (AvgIpc) is 2.62. The molecular weight excluding hydrogens is 184 g/mol. The fraction of sp³-hybridized carbons (Fsp3) is 0.100. The van der Waals surface area contributed by atoms with E-state index in [2.05, 4.69) is 10.3 Å². The molecule has 1 aromatic carbocycles. The van der Waals surface area contributed by atoms with Crippen molar-refractivity contribution in [3.8, 4) is 0 Å². The Balaban J connectivity index is 2.46. The predicted molar refractivity (Wildman–Crippen MR) is 54.8 cm³/mol. The van der Waals surface area contributed by atoms with Crippen molar-refractivity contribution < 1.29 is 0 Å². The van der Waals surface area contributed by atoms with Gasteiger partial charge in [0.2, 0.25) is 0 Å². The molecular formula is C10H8ClN2. The molecule has 1 aliphatic heterocycles. The predicted octanol–water partition coefficient (Wildman–Crippen LogP) is 2.59. The van der Waals surface area contributed by atoms with E-state index in [1.54, 1.807) is 6.20 Å². The number of aliphatic imine (C=N–C) groups is 1. The Kier molecular flexibility index (Phi) is 2.07. The first kappa shape index (κ1) is 8.32. The summed E-state index contributed by atoms with van der Waals surface area (Å²) in [6.45, 7) is 1.98. The first-order chi connectivity index (χ1) is 6.29. The Morgan fingerprint density at radius 1 is 1.31 bits per heavy atom. The summed E-state index contributed by atoms with van der Waals surface area (Å²) in [7, 11) is 0. The molecule has 0 aliphatic carbocycles. The van der Waals surface area contributed by atoms with Gasteiger partial charge < -0.3 is 0 Å². The SMILES string of the molecule is Cc1c(Cl)cccc1C1=CN=C[N]1. The van der Waals surface area contributed by atoms with E-state index in [0.29, 0.717) is 0 Å². The maximum atomic E-state index is 5.98. The van der Waals surface area contributed by atoms with Crippen molar-refractivity contribution in [2.45, 2.75) is 6.92 Å². The van der Waals surface area contributed by atoms with E-state index >= 15 is 0 Å². The van der Waals surface area contributed by atoms with Gasteiger partial charge in [-0.15, -0.1) is 0 Å². The van der Waals surface area contributed by atoms with Gasteiger partial charge in [0.05, 0.1) is 11.9 Å². The van der Waals surface area contributed by atoms with Crippen LogP contribution in [0.2, 0.25) is 5.02 Å². The zero-order valence-corrected chi connectivity index (χ0v) is 7.92. The fourth-order valence-electron chi connectivity index (χ4n) is 1.26. The van der Waals surface area contributed by atoms with Crippen LogP contribution in [0.3, 0.4) is 0 Å². The molecule has 1 aromatic rings. The summed E-state index contributed by atoms with van der Waals surface area (Å²) in [5.74, 6) is 0. The summed E-state index contributed by atoms with van der Waals surface area (Å²) in [6.07, 6.45) is 3.27. The van der Waals surface area contributed by atoms with Crippen LogP contribution in [0.1, 0.15) is 11.1 Å². The molecule has 0 saturated heterocycles. The Labute approximate surface area is 81.9 Å².